The number of benzene rings is 1. The van der Waals surface area contributed by atoms with Crippen molar-refractivity contribution in [2.45, 2.75) is 71.6 Å². The van der Waals surface area contributed by atoms with E-state index in [-0.39, 0.29) is 35.6 Å². The number of ether oxygens (including phenoxy) is 2. The zero-order valence-electron chi connectivity index (χ0n) is 19.5. The molecule has 4 unspecified atom stereocenters. The molecule has 174 valence electrons. The van der Waals surface area contributed by atoms with Crippen molar-refractivity contribution in [3.05, 3.63) is 53.0 Å². The molecule has 2 aliphatic heterocycles. The second-order valence-electron chi connectivity index (χ2n) is 9.57. The molecule has 7 nitrogen and oxygen atoms in total. The minimum Gasteiger partial charge on any atom is -0.491 e. The third kappa shape index (κ3) is 3.73. The number of Topliss-reactive ketones (excluding diaryl/α,β-unsaturated/α-hetero) is 1. The number of carbonyl (C=O) groups excluding carboxylic acids is 2. The van der Waals surface area contributed by atoms with E-state index in [1.54, 1.807) is 13.0 Å². The van der Waals surface area contributed by atoms with Gasteiger partial charge in [0.15, 0.2) is 17.4 Å². The standard InChI is InChI=1S/C26H30N2O5/c1-5-16-9-10-20-19(12-16)24(29)22-23(17-7-6-8-18(13-17)31-14(2)3)28(26(30)25(22)32-20)21-11-15(4)33-27-21/h6-8,11,13-14,16,19-20,23H,5,9-10,12H2,1-4H3. The fourth-order valence-corrected chi connectivity index (χ4v) is 5.37. The van der Waals surface area contributed by atoms with Crippen LogP contribution in [0.5, 0.6) is 5.75 Å². The molecular formula is C26H30N2O5. The van der Waals surface area contributed by atoms with Crippen molar-refractivity contribution in [3.8, 4) is 5.75 Å². The van der Waals surface area contributed by atoms with Gasteiger partial charge in [0, 0.05) is 6.07 Å². The number of hydrogen-bond acceptors (Lipinski definition) is 6. The van der Waals surface area contributed by atoms with Gasteiger partial charge in [0.05, 0.1) is 23.6 Å². The van der Waals surface area contributed by atoms with Crippen molar-refractivity contribution in [1.29, 1.82) is 0 Å². The maximum absolute atomic E-state index is 13.9. The van der Waals surface area contributed by atoms with Crippen LogP contribution in [0.25, 0.3) is 0 Å². The molecule has 4 atom stereocenters. The fraction of sp³-hybridized carbons (Fsp3) is 0.500. The highest BCUT2D eigenvalue weighted by Gasteiger charge is 2.53. The van der Waals surface area contributed by atoms with E-state index >= 15 is 0 Å². The molecule has 1 fully saturated rings. The number of aryl methyl sites for hydroxylation is 1. The quantitative estimate of drug-likeness (QED) is 0.644. The van der Waals surface area contributed by atoms with Gasteiger partial charge in [0.25, 0.3) is 5.91 Å². The molecule has 1 aromatic heterocycles. The van der Waals surface area contributed by atoms with Gasteiger partial charge in [-0.25, -0.2) is 0 Å². The van der Waals surface area contributed by atoms with Crippen molar-refractivity contribution in [1.82, 2.24) is 5.16 Å². The van der Waals surface area contributed by atoms with Crippen molar-refractivity contribution >= 4 is 17.5 Å². The van der Waals surface area contributed by atoms with Crippen LogP contribution in [0.3, 0.4) is 0 Å². The van der Waals surface area contributed by atoms with E-state index in [2.05, 4.69) is 12.1 Å². The first-order chi connectivity index (χ1) is 15.9. The highest BCUT2D eigenvalue weighted by molar-refractivity contribution is 6.17. The Morgan fingerprint density at radius 2 is 2.03 bits per heavy atom. The number of anilines is 1. The van der Waals surface area contributed by atoms with E-state index in [0.717, 1.165) is 31.2 Å². The summed E-state index contributed by atoms with van der Waals surface area (Å²) in [7, 11) is 0. The monoisotopic (exact) mass is 450 g/mol. The molecule has 3 heterocycles. The Hall–Kier alpha value is -3.09. The molecule has 1 aromatic carbocycles. The molecule has 0 N–H and O–H groups in total. The topological polar surface area (TPSA) is 81.9 Å². The van der Waals surface area contributed by atoms with Gasteiger partial charge in [-0.1, -0.05) is 30.6 Å². The Bertz CT molecular complexity index is 1120. The van der Waals surface area contributed by atoms with Crippen LogP contribution < -0.4 is 9.64 Å². The summed E-state index contributed by atoms with van der Waals surface area (Å²) in [4.78, 5) is 29.0. The lowest BCUT2D eigenvalue weighted by Gasteiger charge is -2.38. The van der Waals surface area contributed by atoms with Crippen LogP contribution >= 0.6 is 0 Å². The highest BCUT2D eigenvalue weighted by Crippen LogP contribution is 2.49. The predicted molar refractivity (Wildman–Crippen MR) is 122 cm³/mol. The Morgan fingerprint density at radius 1 is 1.21 bits per heavy atom. The van der Waals surface area contributed by atoms with Crippen LogP contribution in [0.1, 0.15) is 63.8 Å². The Kier molecular flexibility index (Phi) is 5.51. The fourth-order valence-electron chi connectivity index (χ4n) is 5.37. The number of carbonyl (C=O) groups is 2. The molecule has 0 saturated heterocycles. The van der Waals surface area contributed by atoms with E-state index in [4.69, 9.17) is 14.0 Å². The lowest BCUT2D eigenvalue weighted by atomic mass is 9.73. The molecular weight excluding hydrogens is 420 g/mol. The van der Waals surface area contributed by atoms with E-state index in [9.17, 15) is 9.59 Å². The van der Waals surface area contributed by atoms with Gasteiger partial charge in [0.1, 0.15) is 17.6 Å². The Labute approximate surface area is 193 Å². The highest BCUT2D eigenvalue weighted by atomic mass is 16.5. The summed E-state index contributed by atoms with van der Waals surface area (Å²) in [6, 6.07) is 8.64. The van der Waals surface area contributed by atoms with Gasteiger partial charge >= 0.3 is 0 Å². The molecule has 1 amide bonds. The summed E-state index contributed by atoms with van der Waals surface area (Å²) in [5.41, 5.74) is 1.21. The van der Waals surface area contributed by atoms with Gasteiger partial charge in [0.2, 0.25) is 0 Å². The Morgan fingerprint density at radius 3 is 2.73 bits per heavy atom. The average molecular weight is 451 g/mol. The van der Waals surface area contributed by atoms with Crippen LogP contribution in [0.2, 0.25) is 0 Å². The summed E-state index contributed by atoms with van der Waals surface area (Å²) >= 11 is 0. The van der Waals surface area contributed by atoms with Crippen LogP contribution in [0.4, 0.5) is 5.82 Å². The molecule has 1 saturated carbocycles. The zero-order valence-corrected chi connectivity index (χ0v) is 19.5. The van der Waals surface area contributed by atoms with Crippen LogP contribution in [-0.4, -0.2) is 29.1 Å². The van der Waals surface area contributed by atoms with Crippen molar-refractivity contribution in [2.24, 2.45) is 11.8 Å². The SMILES string of the molecule is CCC1CCC2OC3=C(C(=O)C2C1)C(c1cccc(OC(C)C)c1)N(c1cc(C)on1)C3=O. The largest absolute Gasteiger partial charge is 0.491 e. The van der Waals surface area contributed by atoms with E-state index < -0.39 is 6.04 Å². The first-order valence-electron chi connectivity index (χ1n) is 11.9. The zero-order chi connectivity index (χ0) is 23.3. The number of fused-ring (bicyclic) bond motifs is 1. The summed E-state index contributed by atoms with van der Waals surface area (Å²) in [5.74, 6) is 1.78. The summed E-state index contributed by atoms with van der Waals surface area (Å²) in [5, 5.41) is 4.10. The third-order valence-electron chi connectivity index (χ3n) is 6.94. The minimum atomic E-state index is -0.636. The van der Waals surface area contributed by atoms with Crippen LogP contribution in [0, 0.1) is 18.8 Å². The summed E-state index contributed by atoms with van der Waals surface area (Å²) in [6.07, 6.45) is 3.43. The third-order valence-corrected chi connectivity index (χ3v) is 6.94. The number of aromatic nitrogens is 1. The molecule has 1 aliphatic carbocycles. The van der Waals surface area contributed by atoms with Crippen LogP contribution in [0.15, 0.2) is 46.2 Å². The normalized spacial score (nSPS) is 27.0. The van der Waals surface area contributed by atoms with Crippen molar-refractivity contribution < 1.29 is 23.6 Å². The number of hydrogen-bond donors (Lipinski definition) is 0. The predicted octanol–water partition coefficient (Wildman–Crippen LogP) is 4.91. The lowest BCUT2D eigenvalue weighted by molar-refractivity contribution is -0.132. The van der Waals surface area contributed by atoms with Crippen molar-refractivity contribution in [3.63, 3.8) is 0 Å². The Balaban J connectivity index is 1.61. The smallest absolute Gasteiger partial charge is 0.295 e. The van der Waals surface area contributed by atoms with E-state index in [0.29, 0.717) is 28.8 Å². The second-order valence-corrected chi connectivity index (χ2v) is 9.57. The lowest BCUT2D eigenvalue weighted by Crippen LogP contribution is -2.41. The van der Waals surface area contributed by atoms with Gasteiger partial charge in [-0.2, -0.15) is 0 Å². The summed E-state index contributed by atoms with van der Waals surface area (Å²) < 4.78 is 17.4. The molecule has 33 heavy (non-hydrogen) atoms. The second kappa shape index (κ2) is 8.36. The molecule has 7 heteroatoms. The van der Waals surface area contributed by atoms with Crippen LogP contribution in [-0.2, 0) is 14.3 Å². The van der Waals surface area contributed by atoms with Gasteiger partial charge < -0.3 is 14.0 Å². The van der Waals surface area contributed by atoms with Gasteiger partial charge in [-0.05, 0) is 63.6 Å². The molecule has 0 radical (unpaired) electrons. The first-order valence-corrected chi connectivity index (χ1v) is 11.9. The number of amides is 1. The number of ketones is 1. The molecule has 2 aromatic rings. The summed E-state index contributed by atoms with van der Waals surface area (Å²) in [6.45, 7) is 7.86. The maximum Gasteiger partial charge on any atom is 0.295 e. The molecule has 0 spiro atoms. The van der Waals surface area contributed by atoms with E-state index in [1.807, 2.05) is 38.1 Å². The molecule has 3 aliphatic rings. The first kappa shape index (κ1) is 21.7. The number of rotatable bonds is 5. The number of nitrogens with zero attached hydrogens (tertiary/aromatic N) is 2. The van der Waals surface area contributed by atoms with Gasteiger partial charge in [-0.15, -0.1) is 0 Å². The van der Waals surface area contributed by atoms with Crippen molar-refractivity contribution in [2.75, 3.05) is 4.90 Å². The molecule has 0 bridgehead atoms. The average Bonchev–Trinajstić information content (AvgIpc) is 3.34. The van der Waals surface area contributed by atoms with E-state index in [1.165, 1.54) is 4.90 Å². The minimum absolute atomic E-state index is 0.00292. The maximum atomic E-state index is 13.9. The van der Waals surface area contributed by atoms with Gasteiger partial charge in [-0.3, -0.25) is 14.5 Å². The molecule has 5 rings (SSSR count).